The second-order valence-electron chi connectivity index (χ2n) is 5.80. The molecule has 2 heterocycles. The highest BCUT2D eigenvalue weighted by molar-refractivity contribution is 7.09. The summed E-state index contributed by atoms with van der Waals surface area (Å²) in [6.07, 6.45) is 0. The van der Waals surface area contributed by atoms with Crippen LogP contribution in [0.5, 0.6) is 0 Å². The first-order chi connectivity index (χ1) is 11.2. The third kappa shape index (κ3) is 6.24. The minimum atomic E-state index is -0.0573. The van der Waals surface area contributed by atoms with Crippen molar-refractivity contribution in [1.82, 2.24) is 20.5 Å². The maximum absolute atomic E-state index is 12.0. The van der Waals surface area contributed by atoms with Gasteiger partial charge in [-0.15, -0.1) is 36.2 Å². The number of halogens is 2. The maximum Gasteiger partial charge on any atom is 0.251 e. The number of carbonyl (C=O) groups excluding carboxylic acids is 1. The molecule has 3 rings (SSSR count). The van der Waals surface area contributed by atoms with Crippen LogP contribution in [0.4, 0.5) is 0 Å². The number of hydrogen-bond acceptors (Lipinski definition) is 5. The molecular formula is C17H24Cl2N4OS. The number of thiazole rings is 1. The zero-order valence-corrected chi connectivity index (χ0v) is 16.6. The smallest absolute Gasteiger partial charge is 0.251 e. The highest BCUT2D eigenvalue weighted by atomic mass is 35.5. The molecule has 0 bridgehead atoms. The van der Waals surface area contributed by atoms with Crippen LogP contribution in [0.3, 0.4) is 0 Å². The van der Waals surface area contributed by atoms with Crippen LogP contribution in [-0.4, -0.2) is 41.5 Å². The lowest BCUT2D eigenvalue weighted by Crippen LogP contribution is -2.49. The summed E-state index contributed by atoms with van der Waals surface area (Å²) in [5.41, 5.74) is 1.77. The van der Waals surface area contributed by atoms with E-state index in [1.54, 1.807) is 11.3 Å². The third-order valence-electron chi connectivity index (χ3n) is 4.04. The van der Waals surface area contributed by atoms with Gasteiger partial charge in [0.2, 0.25) is 0 Å². The van der Waals surface area contributed by atoms with Crippen molar-refractivity contribution < 1.29 is 4.79 Å². The minimum absolute atomic E-state index is 0. The molecule has 1 fully saturated rings. The predicted molar refractivity (Wildman–Crippen MR) is 107 cm³/mol. The van der Waals surface area contributed by atoms with E-state index >= 15 is 0 Å². The summed E-state index contributed by atoms with van der Waals surface area (Å²) in [6, 6.07) is 9.80. The Morgan fingerprint density at radius 2 is 2.12 bits per heavy atom. The molecule has 2 aromatic rings. The molecule has 0 spiro atoms. The second-order valence-corrected chi connectivity index (χ2v) is 6.75. The molecule has 1 atom stereocenters. The molecule has 1 aliphatic heterocycles. The Hall–Kier alpha value is -1.18. The van der Waals surface area contributed by atoms with Gasteiger partial charge in [-0.05, 0) is 19.1 Å². The van der Waals surface area contributed by atoms with E-state index in [2.05, 4.69) is 32.8 Å². The van der Waals surface area contributed by atoms with Gasteiger partial charge in [0.1, 0.15) is 5.01 Å². The van der Waals surface area contributed by atoms with Gasteiger partial charge in [0.25, 0.3) is 5.91 Å². The summed E-state index contributed by atoms with van der Waals surface area (Å²) < 4.78 is 0. The van der Waals surface area contributed by atoms with E-state index < -0.39 is 0 Å². The van der Waals surface area contributed by atoms with Gasteiger partial charge in [-0.3, -0.25) is 9.69 Å². The molecule has 1 saturated heterocycles. The second kappa shape index (κ2) is 10.7. The highest BCUT2D eigenvalue weighted by Crippen LogP contribution is 2.14. The van der Waals surface area contributed by atoms with Crippen molar-refractivity contribution in [2.45, 2.75) is 26.1 Å². The molecule has 2 N–H and O–H groups in total. The molecule has 25 heavy (non-hydrogen) atoms. The number of amides is 1. The molecule has 8 heteroatoms. The fourth-order valence-corrected chi connectivity index (χ4v) is 3.40. The summed E-state index contributed by atoms with van der Waals surface area (Å²) in [6.45, 7) is 6.72. The standard InChI is InChI=1S/C17H22N4OS.2ClH/c1-13-9-18-7-8-21(13)11-15-12-23-16(20-15)10-19-17(22)14-5-3-2-4-6-14;;/h2-6,12-13,18H,7-11H2,1H3,(H,19,22);2*1H/t13-;;/m1../s1. The molecule has 0 radical (unpaired) electrons. The van der Waals surface area contributed by atoms with Crippen LogP contribution in [0.25, 0.3) is 0 Å². The van der Waals surface area contributed by atoms with Crippen molar-refractivity contribution in [3.63, 3.8) is 0 Å². The minimum Gasteiger partial charge on any atom is -0.346 e. The Kier molecular flexibility index (Phi) is 9.38. The third-order valence-corrected chi connectivity index (χ3v) is 4.94. The summed E-state index contributed by atoms with van der Waals surface area (Å²) in [5, 5.41) is 9.37. The number of carbonyl (C=O) groups is 1. The molecule has 138 valence electrons. The quantitative estimate of drug-likeness (QED) is 0.806. The van der Waals surface area contributed by atoms with Crippen molar-refractivity contribution in [2.75, 3.05) is 19.6 Å². The molecule has 0 saturated carbocycles. The molecule has 1 aromatic carbocycles. The van der Waals surface area contributed by atoms with Gasteiger partial charge in [0.15, 0.2) is 0 Å². The van der Waals surface area contributed by atoms with E-state index in [4.69, 9.17) is 0 Å². The number of aromatic nitrogens is 1. The zero-order valence-electron chi connectivity index (χ0n) is 14.1. The van der Waals surface area contributed by atoms with Gasteiger partial charge in [-0.25, -0.2) is 4.98 Å². The number of hydrogen-bond donors (Lipinski definition) is 2. The predicted octanol–water partition coefficient (Wildman–Crippen LogP) is 2.71. The number of benzene rings is 1. The Morgan fingerprint density at radius 3 is 2.84 bits per heavy atom. The maximum atomic E-state index is 12.0. The van der Waals surface area contributed by atoms with Crippen LogP contribution in [0.1, 0.15) is 28.0 Å². The summed E-state index contributed by atoms with van der Waals surface area (Å²) in [4.78, 5) is 19.1. The number of nitrogens with one attached hydrogen (secondary N) is 2. The molecular weight excluding hydrogens is 379 g/mol. The van der Waals surface area contributed by atoms with E-state index in [1.165, 1.54) is 0 Å². The van der Waals surface area contributed by atoms with Crippen LogP contribution in [0.15, 0.2) is 35.7 Å². The highest BCUT2D eigenvalue weighted by Gasteiger charge is 2.18. The summed E-state index contributed by atoms with van der Waals surface area (Å²) in [5.74, 6) is -0.0573. The molecule has 1 amide bonds. The molecule has 0 aliphatic carbocycles. The van der Waals surface area contributed by atoms with E-state index in [0.29, 0.717) is 18.2 Å². The van der Waals surface area contributed by atoms with Gasteiger partial charge in [0, 0.05) is 43.2 Å². The Bertz CT molecular complexity index is 653. The van der Waals surface area contributed by atoms with Crippen molar-refractivity contribution in [3.8, 4) is 0 Å². The number of rotatable bonds is 5. The van der Waals surface area contributed by atoms with Crippen molar-refractivity contribution >= 4 is 42.1 Å². The van der Waals surface area contributed by atoms with Gasteiger partial charge < -0.3 is 10.6 Å². The summed E-state index contributed by atoms with van der Waals surface area (Å²) in [7, 11) is 0. The van der Waals surface area contributed by atoms with Crippen LogP contribution in [0, 0.1) is 0 Å². The monoisotopic (exact) mass is 402 g/mol. The lowest BCUT2D eigenvalue weighted by molar-refractivity contribution is 0.0951. The van der Waals surface area contributed by atoms with Crippen LogP contribution in [-0.2, 0) is 13.1 Å². The average Bonchev–Trinajstić information content (AvgIpc) is 3.03. The first kappa shape index (κ1) is 21.9. The normalized spacial score (nSPS) is 17.2. The van der Waals surface area contributed by atoms with E-state index in [-0.39, 0.29) is 30.7 Å². The first-order valence-electron chi connectivity index (χ1n) is 7.93. The van der Waals surface area contributed by atoms with E-state index in [0.717, 1.165) is 36.9 Å². The van der Waals surface area contributed by atoms with Crippen molar-refractivity contribution in [2.24, 2.45) is 0 Å². The Balaban J connectivity index is 0.00000156. The topological polar surface area (TPSA) is 57.3 Å². The van der Waals surface area contributed by atoms with Gasteiger partial charge in [-0.1, -0.05) is 18.2 Å². The van der Waals surface area contributed by atoms with Crippen molar-refractivity contribution in [3.05, 3.63) is 52.0 Å². The Morgan fingerprint density at radius 1 is 1.36 bits per heavy atom. The molecule has 1 aromatic heterocycles. The van der Waals surface area contributed by atoms with Gasteiger partial charge in [-0.2, -0.15) is 0 Å². The van der Waals surface area contributed by atoms with Crippen LogP contribution >= 0.6 is 36.2 Å². The SMILES string of the molecule is C[C@@H]1CNCCN1Cc1csc(CNC(=O)c2ccccc2)n1.Cl.Cl. The fraction of sp³-hybridized carbons (Fsp3) is 0.412. The number of piperazine rings is 1. The largest absolute Gasteiger partial charge is 0.346 e. The fourth-order valence-electron chi connectivity index (χ4n) is 2.68. The summed E-state index contributed by atoms with van der Waals surface area (Å²) >= 11 is 1.61. The van der Waals surface area contributed by atoms with Crippen LogP contribution in [0.2, 0.25) is 0 Å². The molecule has 5 nitrogen and oxygen atoms in total. The lowest BCUT2D eigenvalue weighted by atomic mass is 10.2. The number of nitrogens with zero attached hydrogens (tertiary/aromatic N) is 2. The van der Waals surface area contributed by atoms with Gasteiger partial charge >= 0.3 is 0 Å². The van der Waals surface area contributed by atoms with E-state index in [9.17, 15) is 4.79 Å². The Labute approximate surface area is 165 Å². The average molecular weight is 403 g/mol. The lowest BCUT2D eigenvalue weighted by Gasteiger charge is -2.33. The van der Waals surface area contributed by atoms with Gasteiger partial charge in [0.05, 0.1) is 12.2 Å². The van der Waals surface area contributed by atoms with E-state index in [1.807, 2.05) is 30.3 Å². The zero-order chi connectivity index (χ0) is 16.1. The molecule has 0 unspecified atom stereocenters. The van der Waals surface area contributed by atoms with Crippen molar-refractivity contribution in [1.29, 1.82) is 0 Å². The first-order valence-corrected chi connectivity index (χ1v) is 8.81. The molecule has 1 aliphatic rings. The van der Waals surface area contributed by atoms with Crippen LogP contribution < -0.4 is 10.6 Å².